The van der Waals surface area contributed by atoms with Crippen LogP contribution in [0.25, 0.3) is 0 Å². The van der Waals surface area contributed by atoms with E-state index in [4.69, 9.17) is 5.26 Å². The van der Waals surface area contributed by atoms with Crippen LogP contribution in [0.2, 0.25) is 0 Å². The molecule has 0 atom stereocenters. The van der Waals surface area contributed by atoms with Crippen molar-refractivity contribution in [3.05, 3.63) is 30.3 Å². The average molecular weight is 221 g/mol. The van der Waals surface area contributed by atoms with E-state index in [-0.39, 0.29) is 4.90 Å². The van der Waals surface area contributed by atoms with Gasteiger partial charge in [-0.15, -0.1) is 0 Å². The smallest absolute Gasteiger partial charge is 0.197 e. The molecule has 1 aromatic carbocycles. The molecule has 3 nitrogen and oxygen atoms in total. The predicted octanol–water partition coefficient (Wildman–Crippen LogP) is 1.91. The zero-order valence-corrected chi connectivity index (χ0v) is 9.00. The Kier molecular flexibility index (Phi) is 2.28. The zero-order valence-electron chi connectivity index (χ0n) is 8.18. The van der Waals surface area contributed by atoms with Crippen molar-refractivity contribution >= 4 is 9.84 Å². The Balaban J connectivity index is 2.50. The molecule has 1 fully saturated rings. The largest absolute Gasteiger partial charge is 0.222 e. The lowest BCUT2D eigenvalue weighted by atomic mass is 9.86. The van der Waals surface area contributed by atoms with Crippen LogP contribution in [-0.4, -0.2) is 13.2 Å². The predicted molar refractivity (Wildman–Crippen MR) is 55.8 cm³/mol. The monoisotopic (exact) mass is 221 g/mol. The molecule has 1 aromatic rings. The number of benzene rings is 1. The number of hydrogen-bond acceptors (Lipinski definition) is 3. The lowest BCUT2D eigenvalue weighted by Crippen LogP contribution is -2.43. The molecule has 1 saturated carbocycles. The van der Waals surface area contributed by atoms with Crippen molar-refractivity contribution in [1.82, 2.24) is 0 Å². The number of rotatable bonds is 2. The van der Waals surface area contributed by atoms with Crippen molar-refractivity contribution in [2.24, 2.45) is 0 Å². The van der Waals surface area contributed by atoms with Crippen molar-refractivity contribution in [3.8, 4) is 6.07 Å². The van der Waals surface area contributed by atoms with Crippen molar-refractivity contribution in [2.45, 2.75) is 28.9 Å². The van der Waals surface area contributed by atoms with E-state index >= 15 is 0 Å². The second-order valence-electron chi connectivity index (χ2n) is 3.78. The number of sulfone groups is 1. The van der Waals surface area contributed by atoms with Crippen LogP contribution in [0.4, 0.5) is 0 Å². The van der Waals surface area contributed by atoms with Gasteiger partial charge in [0.05, 0.1) is 11.0 Å². The maximum Gasteiger partial charge on any atom is 0.197 e. The van der Waals surface area contributed by atoms with Crippen molar-refractivity contribution in [1.29, 1.82) is 5.26 Å². The third-order valence-corrected chi connectivity index (χ3v) is 5.35. The Morgan fingerprint density at radius 1 is 1.20 bits per heavy atom. The van der Waals surface area contributed by atoms with Gasteiger partial charge in [0, 0.05) is 0 Å². The van der Waals surface area contributed by atoms with Gasteiger partial charge in [0.2, 0.25) is 0 Å². The van der Waals surface area contributed by atoms with Gasteiger partial charge in [0.15, 0.2) is 14.6 Å². The molecule has 2 rings (SSSR count). The van der Waals surface area contributed by atoms with E-state index in [9.17, 15) is 8.42 Å². The summed E-state index contributed by atoms with van der Waals surface area (Å²) in [5.74, 6) is 0. The first-order chi connectivity index (χ1) is 7.12. The third-order valence-electron chi connectivity index (χ3n) is 2.93. The van der Waals surface area contributed by atoms with Gasteiger partial charge in [-0.2, -0.15) is 5.26 Å². The molecule has 0 aromatic heterocycles. The molecule has 78 valence electrons. The second kappa shape index (κ2) is 3.35. The molecule has 0 spiro atoms. The Bertz CT molecular complexity index is 495. The topological polar surface area (TPSA) is 57.9 Å². The van der Waals surface area contributed by atoms with Crippen LogP contribution in [0.5, 0.6) is 0 Å². The highest BCUT2D eigenvalue weighted by Gasteiger charge is 2.50. The van der Waals surface area contributed by atoms with E-state index in [0.717, 1.165) is 6.42 Å². The SMILES string of the molecule is N#CC1(S(=O)(=O)c2ccccc2)CCC1. The second-order valence-corrected chi connectivity index (χ2v) is 6.04. The van der Waals surface area contributed by atoms with E-state index in [1.54, 1.807) is 30.3 Å². The van der Waals surface area contributed by atoms with Crippen molar-refractivity contribution in [2.75, 3.05) is 0 Å². The van der Waals surface area contributed by atoms with Crippen LogP contribution < -0.4 is 0 Å². The summed E-state index contributed by atoms with van der Waals surface area (Å²) >= 11 is 0. The molecule has 0 unspecified atom stereocenters. The van der Waals surface area contributed by atoms with E-state index in [1.807, 2.05) is 6.07 Å². The van der Waals surface area contributed by atoms with Crippen LogP contribution >= 0.6 is 0 Å². The Labute approximate surface area is 89.3 Å². The summed E-state index contributed by atoms with van der Waals surface area (Å²) in [6, 6.07) is 10.2. The van der Waals surface area contributed by atoms with Gasteiger partial charge in [-0.05, 0) is 31.4 Å². The minimum absolute atomic E-state index is 0.256. The fraction of sp³-hybridized carbons (Fsp3) is 0.364. The molecule has 0 radical (unpaired) electrons. The number of hydrogen-bond donors (Lipinski definition) is 0. The molecular formula is C11H11NO2S. The first-order valence-electron chi connectivity index (χ1n) is 4.83. The van der Waals surface area contributed by atoms with Crippen LogP contribution in [-0.2, 0) is 9.84 Å². The summed E-state index contributed by atoms with van der Waals surface area (Å²) < 4.78 is 23.1. The normalized spacial score (nSPS) is 18.9. The molecule has 0 N–H and O–H groups in total. The Morgan fingerprint density at radius 3 is 2.20 bits per heavy atom. The quantitative estimate of drug-likeness (QED) is 0.766. The fourth-order valence-electron chi connectivity index (χ4n) is 1.76. The molecular weight excluding hydrogens is 210 g/mol. The summed E-state index contributed by atoms with van der Waals surface area (Å²) in [5.41, 5.74) is 0. The standard InChI is InChI=1S/C11H11NO2S/c12-9-11(7-4-8-11)15(13,14)10-5-2-1-3-6-10/h1-3,5-6H,4,7-8H2. The molecule has 0 aliphatic heterocycles. The molecule has 0 bridgehead atoms. The van der Waals surface area contributed by atoms with Crippen LogP contribution in [0.3, 0.4) is 0 Å². The molecule has 0 saturated heterocycles. The minimum Gasteiger partial charge on any atom is -0.222 e. The maximum absolute atomic E-state index is 12.1. The van der Waals surface area contributed by atoms with Crippen molar-refractivity contribution < 1.29 is 8.42 Å². The highest BCUT2D eigenvalue weighted by molar-refractivity contribution is 7.93. The Hall–Kier alpha value is -1.34. The van der Waals surface area contributed by atoms with Gasteiger partial charge in [-0.1, -0.05) is 18.2 Å². The molecule has 0 heterocycles. The lowest BCUT2D eigenvalue weighted by Gasteiger charge is -2.34. The maximum atomic E-state index is 12.1. The van der Waals surface area contributed by atoms with Gasteiger partial charge in [0.1, 0.15) is 0 Å². The van der Waals surface area contributed by atoms with E-state index < -0.39 is 14.6 Å². The van der Waals surface area contributed by atoms with Gasteiger partial charge >= 0.3 is 0 Å². The summed E-state index contributed by atoms with van der Waals surface area (Å²) in [4.78, 5) is 0.256. The zero-order chi connectivity index (χ0) is 10.9. The number of nitriles is 1. The van der Waals surface area contributed by atoms with E-state index in [1.165, 1.54) is 0 Å². The summed E-state index contributed by atoms with van der Waals surface area (Å²) in [7, 11) is -3.48. The average Bonchev–Trinajstić information content (AvgIpc) is 2.18. The summed E-state index contributed by atoms with van der Waals surface area (Å²) in [6.07, 6.45) is 1.74. The van der Waals surface area contributed by atoms with Crippen molar-refractivity contribution in [3.63, 3.8) is 0 Å². The summed E-state index contributed by atoms with van der Waals surface area (Å²) in [5, 5.41) is 9.00. The van der Waals surface area contributed by atoms with Gasteiger partial charge in [-0.3, -0.25) is 0 Å². The van der Waals surface area contributed by atoms with Gasteiger partial charge in [0.25, 0.3) is 0 Å². The highest BCUT2D eigenvalue weighted by atomic mass is 32.2. The molecule has 1 aliphatic carbocycles. The third kappa shape index (κ3) is 1.35. The van der Waals surface area contributed by atoms with Crippen LogP contribution in [0.1, 0.15) is 19.3 Å². The first-order valence-corrected chi connectivity index (χ1v) is 6.32. The molecule has 4 heteroatoms. The molecule has 1 aliphatic rings. The highest BCUT2D eigenvalue weighted by Crippen LogP contribution is 2.42. The minimum atomic E-state index is -3.48. The summed E-state index contributed by atoms with van der Waals surface area (Å²) in [6.45, 7) is 0. The molecule has 0 amide bonds. The molecule has 15 heavy (non-hydrogen) atoms. The fourth-order valence-corrected chi connectivity index (χ4v) is 3.68. The van der Waals surface area contributed by atoms with Crippen LogP contribution in [0, 0.1) is 11.3 Å². The first kappa shape index (κ1) is 10.2. The van der Waals surface area contributed by atoms with E-state index in [2.05, 4.69) is 0 Å². The lowest BCUT2D eigenvalue weighted by molar-refractivity contribution is 0.406. The van der Waals surface area contributed by atoms with Crippen LogP contribution in [0.15, 0.2) is 35.2 Å². The van der Waals surface area contributed by atoms with Gasteiger partial charge in [-0.25, -0.2) is 8.42 Å². The van der Waals surface area contributed by atoms with E-state index in [0.29, 0.717) is 12.8 Å². The Morgan fingerprint density at radius 2 is 1.80 bits per heavy atom. The number of nitrogens with zero attached hydrogens (tertiary/aromatic N) is 1. The van der Waals surface area contributed by atoms with Gasteiger partial charge < -0.3 is 0 Å².